The first kappa shape index (κ1) is 21.2. The number of carbonyl (C=O) groups excluding carboxylic acids is 1. The Morgan fingerprint density at radius 1 is 1.35 bits per heavy atom. The van der Waals surface area contributed by atoms with Crippen molar-refractivity contribution in [2.45, 2.75) is 4.90 Å². The highest BCUT2D eigenvalue weighted by molar-refractivity contribution is 7.89. The molecule has 0 aliphatic carbocycles. The zero-order valence-electron chi connectivity index (χ0n) is 12.7. The van der Waals surface area contributed by atoms with Gasteiger partial charge in [-0.15, -0.1) is 12.4 Å². The lowest BCUT2D eigenvalue weighted by Gasteiger charge is -2.16. The molecular formula is C12H19ClN4O5S. The Bertz CT molecular complexity index is 653. The smallest absolute Gasteiger partial charge is 0.270 e. The topological polar surface area (TPSA) is 122 Å². The van der Waals surface area contributed by atoms with Crippen LogP contribution in [-0.4, -0.2) is 57.3 Å². The lowest BCUT2D eigenvalue weighted by atomic mass is 10.3. The number of amides is 1. The van der Waals surface area contributed by atoms with Crippen molar-refractivity contribution < 1.29 is 18.1 Å². The number of carbonyl (C=O) groups is 1. The van der Waals surface area contributed by atoms with E-state index in [9.17, 15) is 23.3 Å². The highest BCUT2D eigenvalue weighted by Crippen LogP contribution is 2.19. The Morgan fingerprint density at radius 2 is 2.00 bits per heavy atom. The van der Waals surface area contributed by atoms with Gasteiger partial charge in [0.25, 0.3) is 5.69 Å². The SMILES string of the molecule is CNCCNC(=O)CN(C)S(=O)(=O)c1cccc([N+](=O)[O-])c1.Cl. The molecule has 1 aromatic rings. The van der Waals surface area contributed by atoms with E-state index < -0.39 is 20.9 Å². The van der Waals surface area contributed by atoms with Crippen molar-refractivity contribution in [3.8, 4) is 0 Å². The number of hydrogen-bond acceptors (Lipinski definition) is 6. The molecule has 0 aliphatic heterocycles. The number of non-ortho nitro benzene ring substituents is 1. The molecule has 0 atom stereocenters. The van der Waals surface area contributed by atoms with Crippen LogP contribution in [0.5, 0.6) is 0 Å². The quantitative estimate of drug-likeness (QED) is 0.378. The van der Waals surface area contributed by atoms with E-state index >= 15 is 0 Å². The summed E-state index contributed by atoms with van der Waals surface area (Å²) in [6, 6.07) is 4.69. The number of nitro benzene ring substituents is 1. The zero-order chi connectivity index (χ0) is 16.8. The highest BCUT2D eigenvalue weighted by atomic mass is 35.5. The minimum Gasteiger partial charge on any atom is -0.354 e. The van der Waals surface area contributed by atoms with Crippen LogP contribution >= 0.6 is 12.4 Å². The minimum absolute atomic E-state index is 0. The highest BCUT2D eigenvalue weighted by Gasteiger charge is 2.24. The number of hydrogen-bond donors (Lipinski definition) is 2. The Labute approximate surface area is 140 Å². The lowest BCUT2D eigenvalue weighted by Crippen LogP contribution is -2.40. The van der Waals surface area contributed by atoms with Gasteiger partial charge in [0.2, 0.25) is 15.9 Å². The standard InChI is InChI=1S/C12H18N4O5S.ClH/c1-13-6-7-14-12(17)9-15(2)22(20,21)11-5-3-4-10(8-11)16(18)19;/h3-5,8,13H,6-7,9H2,1-2H3,(H,14,17);1H. The number of rotatable bonds is 8. The molecule has 1 rings (SSSR count). The van der Waals surface area contributed by atoms with Crippen LogP contribution in [0, 0.1) is 10.1 Å². The molecule has 1 aromatic carbocycles. The normalized spacial score (nSPS) is 10.9. The molecule has 0 heterocycles. The molecule has 0 saturated carbocycles. The summed E-state index contributed by atoms with van der Waals surface area (Å²) in [5, 5.41) is 16.1. The summed E-state index contributed by atoms with van der Waals surface area (Å²) in [5.74, 6) is -0.452. The van der Waals surface area contributed by atoms with E-state index in [1.807, 2.05) is 0 Å². The molecule has 11 heteroatoms. The third-order valence-corrected chi connectivity index (χ3v) is 4.60. The number of nitro groups is 1. The summed E-state index contributed by atoms with van der Waals surface area (Å²) >= 11 is 0. The van der Waals surface area contributed by atoms with Crippen molar-refractivity contribution in [1.29, 1.82) is 0 Å². The van der Waals surface area contributed by atoms with Crippen molar-refractivity contribution >= 4 is 34.0 Å². The van der Waals surface area contributed by atoms with Gasteiger partial charge in [0.1, 0.15) is 0 Å². The van der Waals surface area contributed by atoms with Gasteiger partial charge in [-0.05, 0) is 13.1 Å². The van der Waals surface area contributed by atoms with E-state index in [-0.39, 0.29) is 29.5 Å². The molecule has 1 amide bonds. The first-order valence-electron chi connectivity index (χ1n) is 6.41. The molecule has 0 aliphatic rings. The molecule has 0 aromatic heterocycles. The molecule has 9 nitrogen and oxygen atoms in total. The maximum atomic E-state index is 12.3. The van der Waals surface area contributed by atoms with Crippen LogP contribution in [0.25, 0.3) is 0 Å². The largest absolute Gasteiger partial charge is 0.354 e. The number of nitrogens with one attached hydrogen (secondary N) is 2. The molecule has 0 saturated heterocycles. The fraction of sp³-hybridized carbons (Fsp3) is 0.417. The monoisotopic (exact) mass is 366 g/mol. The van der Waals surface area contributed by atoms with Crippen molar-refractivity contribution in [2.75, 3.05) is 33.7 Å². The van der Waals surface area contributed by atoms with E-state index in [0.717, 1.165) is 10.4 Å². The van der Waals surface area contributed by atoms with Gasteiger partial charge in [-0.1, -0.05) is 6.07 Å². The van der Waals surface area contributed by atoms with Crippen LogP contribution in [-0.2, 0) is 14.8 Å². The van der Waals surface area contributed by atoms with Crippen LogP contribution in [0.15, 0.2) is 29.2 Å². The number of likely N-dealkylation sites (N-methyl/N-ethyl adjacent to an activating group) is 2. The predicted octanol–water partition coefficient (Wildman–Crippen LogP) is -0.0273. The summed E-state index contributed by atoms with van der Waals surface area (Å²) in [7, 11) is -0.999. The van der Waals surface area contributed by atoms with Crippen LogP contribution in [0.1, 0.15) is 0 Å². The van der Waals surface area contributed by atoms with Gasteiger partial charge in [-0.3, -0.25) is 14.9 Å². The molecule has 0 bridgehead atoms. The molecule has 0 radical (unpaired) electrons. The van der Waals surface area contributed by atoms with Crippen LogP contribution in [0.2, 0.25) is 0 Å². The van der Waals surface area contributed by atoms with Gasteiger partial charge < -0.3 is 10.6 Å². The van der Waals surface area contributed by atoms with E-state index in [0.29, 0.717) is 13.1 Å². The number of nitrogens with zero attached hydrogens (tertiary/aromatic N) is 2. The Morgan fingerprint density at radius 3 is 2.57 bits per heavy atom. The fourth-order valence-corrected chi connectivity index (χ4v) is 2.77. The first-order chi connectivity index (χ1) is 10.3. The third-order valence-electron chi connectivity index (χ3n) is 2.80. The predicted molar refractivity (Wildman–Crippen MR) is 87.1 cm³/mol. The fourth-order valence-electron chi connectivity index (χ4n) is 1.61. The second kappa shape index (κ2) is 9.40. The van der Waals surface area contributed by atoms with Crippen LogP contribution < -0.4 is 10.6 Å². The zero-order valence-corrected chi connectivity index (χ0v) is 14.3. The van der Waals surface area contributed by atoms with Gasteiger partial charge in [0, 0.05) is 32.3 Å². The second-order valence-electron chi connectivity index (χ2n) is 4.47. The van der Waals surface area contributed by atoms with Crippen molar-refractivity contribution in [3.63, 3.8) is 0 Å². The molecule has 0 fully saturated rings. The maximum absolute atomic E-state index is 12.3. The summed E-state index contributed by atoms with van der Waals surface area (Å²) < 4.78 is 25.4. The van der Waals surface area contributed by atoms with Gasteiger partial charge in [0.05, 0.1) is 16.4 Å². The molecule has 130 valence electrons. The van der Waals surface area contributed by atoms with Gasteiger partial charge in [-0.2, -0.15) is 4.31 Å². The summed E-state index contributed by atoms with van der Waals surface area (Å²) in [6.07, 6.45) is 0. The Kier molecular flexibility index (Phi) is 8.69. The van der Waals surface area contributed by atoms with Crippen LogP contribution in [0.4, 0.5) is 5.69 Å². The molecule has 0 unspecified atom stereocenters. The van der Waals surface area contributed by atoms with Gasteiger partial charge in [-0.25, -0.2) is 8.42 Å². The van der Waals surface area contributed by atoms with Crippen molar-refractivity contribution in [3.05, 3.63) is 34.4 Å². The van der Waals surface area contributed by atoms with Crippen LogP contribution in [0.3, 0.4) is 0 Å². The Hall–Kier alpha value is -1.75. The van der Waals surface area contributed by atoms with E-state index in [2.05, 4.69) is 10.6 Å². The van der Waals surface area contributed by atoms with E-state index in [4.69, 9.17) is 0 Å². The average Bonchev–Trinajstić information content (AvgIpc) is 2.47. The van der Waals surface area contributed by atoms with E-state index in [1.54, 1.807) is 7.05 Å². The molecule has 2 N–H and O–H groups in total. The number of sulfonamides is 1. The molecule has 0 spiro atoms. The maximum Gasteiger partial charge on any atom is 0.270 e. The van der Waals surface area contributed by atoms with Gasteiger partial charge in [0.15, 0.2) is 0 Å². The summed E-state index contributed by atoms with van der Waals surface area (Å²) in [5.41, 5.74) is -0.326. The number of halogens is 1. The number of benzene rings is 1. The third kappa shape index (κ3) is 6.10. The second-order valence-corrected chi connectivity index (χ2v) is 6.51. The summed E-state index contributed by atoms with van der Waals surface area (Å²) in [6.45, 7) is 0.571. The average molecular weight is 367 g/mol. The van der Waals surface area contributed by atoms with Crippen molar-refractivity contribution in [2.24, 2.45) is 0 Å². The Balaban J connectivity index is 0.00000484. The van der Waals surface area contributed by atoms with Crippen molar-refractivity contribution in [1.82, 2.24) is 14.9 Å². The first-order valence-corrected chi connectivity index (χ1v) is 7.85. The van der Waals surface area contributed by atoms with E-state index in [1.165, 1.54) is 25.2 Å². The molecule has 23 heavy (non-hydrogen) atoms. The summed E-state index contributed by atoms with van der Waals surface area (Å²) in [4.78, 5) is 21.4. The molecular weight excluding hydrogens is 348 g/mol. The van der Waals surface area contributed by atoms with Gasteiger partial charge >= 0.3 is 0 Å². The lowest BCUT2D eigenvalue weighted by molar-refractivity contribution is -0.385. The minimum atomic E-state index is -3.97.